The van der Waals surface area contributed by atoms with Crippen LogP contribution < -0.4 is 10.0 Å². The lowest BCUT2D eigenvalue weighted by molar-refractivity contribution is -0.387. The largest absolute Gasteiger partial charge is 0.384 e. The van der Waals surface area contributed by atoms with Gasteiger partial charge in [0.25, 0.3) is 5.69 Å². The summed E-state index contributed by atoms with van der Waals surface area (Å²) < 4.78 is 32.0. The molecular weight excluding hydrogens is 400 g/mol. The summed E-state index contributed by atoms with van der Waals surface area (Å²) in [6.45, 7) is 5.11. The first-order valence-corrected chi connectivity index (χ1v) is 10.8. The van der Waals surface area contributed by atoms with Crippen molar-refractivity contribution in [2.45, 2.75) is 37.6 Å². The molecule has 0 bridgehead atoms. The molecule has 10 nitrogen and oxygen atoms in total. The van der Waals surface area contributed by atoms with Crippen LogP contribution in [0.1, 0.15) is 26.7 Å². The molecule has 0 spiro atoms. The Morgan fingerprint density at radius 2 is 2.00 bits per heavy atom. The van der Waals surface area contributed by atoms with E-state index in [0.717, 1.165) is 6.07 Å². The zero-order chi connectivity index (χ0) is 21.9. The molecule has 1 aromatic carbocycles. The van der Waals surface area contributed by atoms with Gasteiger partial charge in [-0.3, -0.25) is 10.1 Å². The van der Waals surface area contributed by atoms with Crippen LogP contribution >= 0.6 is 0 Å². The predicted octanol–water partition coefficient (Wildman–Crippen LogP) is 1.92. The molecule has 1 radical (unpaired) electrons. The molecule has 1 aromatic rings. The van der Waals surface area contributed by atoms with Crippen molar-refractivity contribution in [1.82, 2.24) is 14.9 Å². The number of urea groups is 1. The number of sulfonamides is 1. The van der Waals surface area contributed by atoms with Crippen molar-refractivity contribution >= 4 is 21.7 Å². The number of nitro groups is 1. The highest BCUT2D eigenvalue weighted by molar-refractivity contribution is 7.89. The van der Waals surface area contributed by atoms with Gasteiger partial charge in [-0.2, -0.15) is 0 Å². The highest BCUT2D eigenvalue weighted by Crippen LogP contribution is 2.22. The molecular formula is C18H29N4O6S. The molecule has 0 aliphatic heterocycles. The number of ether oxygens (including phenoxy) is 1. The van der Waals surface area contributed by atoms with E-state index in [9.17, 15) is 23.3 Å². The number of nitrogens with one attached hydrogen (secondary N) is 2. The number of nitro benzene ring substituents is 1. The van der Waals surface area contributed by atoms with Crippen LogP contribution in [0.25, 0.3) is 0 Å². The fourth-order valence-corrected chi connectivity index (χ4v) is 3.73. The van der Waals surface area contributed by atoms with Crippen LogP contribution in [-0.4, -0.2) is 63.7 Å². The SMILES string of the molecule is COC[CH]CN(CCCCNS(=O)(=O)c1ccccc1[N+](=O)[O-])C(=O)NC(C)C. The Morgan fingerprint density at radius 3 is 2.62 bits per heavy atom. The minimum Gasteiger partial charge on any atom is -0.384 e. The van der Waals surface area contributed by atoms with E-state index < -0.39 is 20.6 Å². The Balaban J connectivity index is 2.56. The Labute approximate surface area is 171 Å². The van der Waals surface area contributed by atoms with Crippen molar-refractivity contribution in [3.63, 3.8) is 0 Å². The van der Waals surface area contributed by atoms with Gasteiger partial charge in [0.1, 0.15) is 0 Å². The molecule has 1 rings (SSSR count). The number of methoxy groups -OCH3 is 1. The summed E-state index contributed by atoms with van der Waals surface area (Å²) in [6.07, 6.45) is 2.86. The second kappa shape index (κ2) is 12.3. The van der Waals surface area contributed by atoms with Gasteiger partial charge in [-0.15, -0.1) is 0 Å². The van der Waals surface area contributed by atoms with Gasteiger partial charge in [0, 0.05) is 45.3 Å². The molecule has 11 heteroatoms. The van der Waals surface area contributed by atoms with Gasteiger partial charge in [-0.25, -0.2) is 17.9 Å². The van der Waals surface area contributed by atoms with E-state index in [-0.39, 0.29) is 23.5 Å². The normalized spacial score (nSPS) is 11.4. The second-order valence-corrected chi connectivity index (χ2v) is 8.36. The van der Waals surface area contributed by atoms with Gasteiger partial charge < -0.3 is 15.0 Å². The summed E-state index contributed by atoms with van der Waals surface area (Å²) in [4.78, 5) is 23.8. The number of hydrogen-bond donors (Lipinski definition) is 2. The molecule has 0 aliphatic carbocycles. The van der Waals surface area contributed by atoms with Crippen molar-refractivity contribution in [1.29, 1.82) is 0 Å². The van der Waals surface area contributed by atoms with Gasteiger partial charge in [-0.05, 0) is 32.8 Å². The first-order chi connectivity index (χ1) is 13.7. The average Bonchev–Trinajstić information content (AvgIpc) is 2.65. The van der Waals surface area contributed by atoms with E-state index in [0.29, 0.717) is 32.5 Å². The first kappa shape index (κ1) is 24.8. The van der Waals surface area contributed by atoms with Gasteiger partial charge in [0.15, 0.2) is 4.90 Å². The predicted molar refractivity (Wildman–Crippen MR) is 109 cm³/mol. The van der Waals surface area contributed by atoms with E-state index in [1.165, 1.54) is 18.2 Å². The number of amides is 2. The number of carbonyl (C=O) groups excluding carboxylic acids is 1. The summed E-state index contributed by atoms with van der Waals surface area (Å²) in [5.41, 5.74) is -0.467. The third-order valence-corrected chi connectivity index (χ3v) is 5.34. The summed E-state index contributed by atoms with van der Waals surface area (Å²) in [5.74, 6) is 0. The maximum Gasteiger partial charge on any atom is 0.317 e. The second-order valence-electron chi connectivity index (χ2n) is 6.62. The fourth-order valence-electron chi connectivity index (χ4n) is 2.49. The van der Waals surface area contributed by atoms with Crippen molar-refractivity contribution in [2.24, 2.45) is 0 Å². The molecule has 0 aromatic heterocycles. The van der Waals surface area contributed by atoms with Crippen molar-refractivity contribution in [2.75, 3.05) is 33.4 Å². The van der Waals surface area contributed by atoms with Crippen molar-refractivity contribution < 1.29 is 22.9 Å². The lowest BCUT2D eigenvalue weighted by atomic mass is 10.3. The molecule has 2 N–H and O–H groups in total. The monoisotopic (exact) mass is 429 g/mol. The molecule has 0 atom stereocenters. The summed E-state index contributed by atoms with van der Waals surface area (Å²) in [7, 11) is -2.43. The topological polar surface area (TPSA) is 131 Å². The maximum atomic E-state index is 12.3. The molecule has 29 heavy (non-hydrogen) atoms. The summed E-state index contributed by atoms with van der Waals surface area (Å²) in [5, 5.41) is 13.9. The molecule has 0 unspecified atom stereocenters. The Morgan fingerprint density at radius 1 is 1.31 bits per heavy atom. The number of rotatable bonds is 13. The number of hydrogen-bond acceptors (Lipinski definition) is 6. The standard InChI is InChI=1S/C18H29N4O6S/c1-15(2)20-18(23)21(13-8-14-28-3)12-7-6-11-19-29(26,27)17-10-5-4-9-16(17)22(24)25/h4-5,8-10,15,19H,6-7,11-14H2,1-3H3,(H,20,23). The molecule has 0 saturated carbocycles. The third kappa shape index (κ3) is 8.75. The van der Waals surface area contributed by atoms with Gasteiger partial charge in [0.05, 0.1) is 11.5 Å². The molecule has 0 fully saturated rings. The van der Waals surface area contributed by atoms with Gasteiger partial charge in [0.2, 0.25) is 10.0 Å². The van der Waals surface area contributed by atoms with Gasteiger partial charge >= 0.3 is 6.03 Å². The van der Waals surface area contributed by atoms with Gasteiger partial charge in [-0.1, -0.05) is 12.1 Å². The number of unbranched alkanes of at least 4 members (excludes halogenated alkanes) is 1. The van der Waals surface area contributed by atoms with E-state index in [1.807, 2.05) is 20.3 Å². The quantitative estimate of drug-likeness (QED) is 0.280. The first-order valence-electron chi connectivity index (χ1n) is 9.28. The van der Waals surface area contributed by atoms with E-state index in [2.05, 4.69) is 10.0 Å². The minimum absolute atomic E-state index is 0.000831. The number of nitrogens with zero attached hydrogens (tertiary/aromatic N) is 2. The van der Waals surface area contributed by atoms with Crippen molar-refractivity contribution in [3.8, 4) is 0 Å². The number of benzene rings is 1. The lowest BCUT2D eigenvalue weighted by Gasteiger charge is -2.24. The van der Waals surface area contributed by atoms with Crippen LogP contribution in [0.3, 0.4) is 0 Å². The van der Waals surface area contributed by atoms with E-state index in [1.54, 1.807) is 12.0 Å². The lowest BCUT2D eigenvalue weighted by Crippen LogP contribution is -2.44. The molecule has 0 saturated heterocycles. The highest BCUT2D eigenvalue weighted by atomic mass is 32.2. The highest BCUT2D eigenvalue weighted by Gasteiger charge is 2.24. The Bertz CT molecular complexity index is 769. The number of para-hydroxylation sites is 1. The van der Waals surface area contributed by atoms with Crippen LogP contribution in [0.15, 0.2) is 29.2 Å². The fraction of sp³-hybridized carbons (Fsp3) is 0.556. The molecule has 0 heterocycles. The summed E-state index contributed by atoms with van der Waals surface area (Å²) in [6, 6.07) is 4.99. The molecule has 163 valence electrons. The van der Waals surface area contributed by atoms with E-state index >= 15 is 0 Å². The zero-order valence-electron chi connectivity index (χ0n) is 17.0. The van der Waals surface area contributed by atoms with Crippen LogP contribution in [0.5, 0.6) is 0 Å². The van der Waals surface area contributed by atoms with Crippen LogP contribution in [0, 0.1) is 16.5 Å². The van der Waals surface area contributed by atoms with Crippen molar-refractivity contribution in [3.05, 3.63) is 40.8 Å². The van der Waals surface area contributed by atoms with E-state index in [4.69, 9.17) is 4.74 Å². The molecule has 0 aliphatic rings. The summed E-state index contributed by atoms with van der Waals surface area (Å²) >= 11 is 0. The maximum absolute atomic E-state index is 12.3. The Hall–Kier alpha value is -2.24. The average molecular weight is 430 g/mol. The van der Waals surface area contributed by atoms with Crippen LogP contribution in [0.4, 0.5) is 10.5 Å². The zero-order valence-corrected chi connectivity index (χ0v) is 17.8. The minimum atomic E-state index is -3.99. The number of carbonyl (C=O) groups is 1. The van der Waals surface area contributed by atoms with Crippen LogP contribution in [0.2, 0.25) is 0 Å². The molecule has 2 amide bonds. The van der Waals surface area contributed by atoms with Crippen LogP contribution in [-0.2, 0) is 14.8 Å². The Kier molecular flexibility index (Phi) is 10.6. The smallest absolute Gasteiger partial charge is 0.317 e. The third-order valence-electron chi connectivity index (χ3n) is 3.83.